The number of rotatable bonds is 3. The molecule has 41 heavy (non-hydrogen) atoms. The lowest BCUT2D eigenvalue weighted by atomic mass is 9.87. The molecule has 1 atom stereocenters. The highest BCUT2D eigenvalue weighted by Gasteiger charge is 2.35. The molecule has 0 radical (unpaired) electrons. The molecule has 7 rings (SSSR count). The summed E-state index contributed by atoms with van der Waals surface area (Å²) in [5.74, 6) is 1.61. The molecule has 0 fully saturated rings. The number of nitrogens with one attached hydrogen (secondary N) is 1. The van der Waals surface area contributed by atoms with Gasteiger partial charge in [-0.1, -0.05) is 12.1 Å². The van der Waals surface area contributed by atoms with Gasteiger partial charge in [0, 0.05) is 24.3 Å². The van der Waals surface area contributed by atoms with Gasteiger partial charge in [-0.25, -0.2) is 0 Å². The lowest BCUT2D eigenvalue weighted by Gasteiger charge is -2.39. The van der Waals surface area contributed by atoms with Crippen molar-refractivity contribution >= 4 is 11.8 Å². The minimum atomic E-state index is -0.364. The molecule has 2 amide bonds. The van der Waals surface area contributed by atoms with Crippen LogP contribution in [0.3, 0.4) is 0 Å². The van der Waals surface area contributed by atoms with E-state index in [0.717, 1.165) is 59.4 Å². The Bertz CT molecular complexity index is 1420. The fraction of sp³-hybridized carbons (Fsp3) is 0.452. The van der Waals surface area contributed by atoms with Gasteiger partial charge in [-0.05, 0) is 73.1 Å². The highest BCUT2D eigenvalue weighted by atomic mass is 16.5. The molecule has 4 heterocycles. The van der Waals surface area contributed by atoms with E-state index in [2.05, 4.69) is 10.2 Å². The molecule has 10 nitrogen and oxygen atoms in total. The first kappa shape index (κ1) is 27.1. The fourth-order valence-electron chi connectivity index (χ4n) is 6.13. The van der Waals surface area contributed by atoms with Gasteiger partial charge in [-0.2, -0.15) is 5.10 Å². The number of nitrogens with zero attached hydrogens (tertiary/aromatic N) is 3. The summed E-state index contributed by atoms with van der Waals surface area (Å²) in [5.41, 5.74) is 5.44. The Balaban J connectivity index is 1.37. The van der Waals surface area contributed by atoms with E-state index in [1.165, 1.54) is 0 Å². The molecule has 1 aliphatic carbocycles. The van der Waals surface area contributed by atoms with E-state index in [-0.39, 0.29) is 37.6 Å². The first-order chi connectivity index (χ1) is 20.1. The number of aromatic amines is 1. The van der Waals surface area contributed by atoms with Gasteiger partial charge < -0.3 is 28.7 Å². The molecule has 0 spiro atoms. The Hall–Kier alpha value is -4.05. The van der Waals surface area contributed by atoms with Crippen molar-refractivity contribution in [3.05, 3.63) is 70.0 Å². The molecule has 3 aliphatic heterocycles. The van der Waals surface area contributed by atoms with Crippen molar-refractivity contribution in [1.29, 1.82) is 0 Å². The Kier molecular flexibility index (Phi) is 7.82. The first-order valence-electron chi connectivity index (χ1n) is 14.3. The number of H-pyrrole nitrogens is 1. The Morgan fingerprint density at radius 1 is 0.976 bits per heavy atom. The molecule has 1 N–H and O–H groups in total. The van der Waals surface area contributed by atoms with Gasteiger partial charge in [0.15, 0.2) is 17.2 Å². The molecule has 0 saturated heterocycles. The molecular formula is C31H36N4O6. The summed E-state index contributed by atoms with van der Waals surface area (Å²) in [6.45, 7) is 1.75. The van der Waals surface area contributed by atoms with Crippen LogP contribution in [0, 0.1) is 0 Å². The average molecular weight is 561 g/mol. The van der Waals surface area contributed by atoms with E-state index in [4.69, 9.17) is 18.9 Å². The van der Waals surface area contributed by atoms with Crippen LogP contribution in [-0.2, 0) is 28.8 Å². The minimum Gasteiger partial charge on any atom is -0.493 e. The zero-order valence-electron chi connectivity index (χ0n) is 23.6. The van der Waals surface area contributed by atoms with Gasteiger partial charge in [-0.15, -0.1) is 0 Å². The number of benzene rings is 2. The summed E-state index contributed by atoms with van der Waals surface area (Å²) in [5, 5.41) is 7.45. The zero-order valence-corrected chi connectivity index (χ0v) is 23.6. The van der Waals surface area contributed by atoms with Crippen molar-refractivity contribution in [3.8, 4) is 17.2 Å². The van der Waals surface area contributed by atoms with E-state index in [1.54, 1.807) is 19.1 Å². The number of hydrogen-bond acceptors (Lipinski definition) is 7. The van der Waals surface area contributed by atoms with E-state index in [0.29, 0.717) is 43.4 Å². The van der Waals surface area contributed by atoms with Gasteiger partial charge in [0.25, 0.3) is 5.91 Å². The maximum Gasteiger partial charge on any atom is 0.275 e. The van der Waals surface area contributed by atoms with Crippen LogP contribution in [0.1, 0.15) is 57.3 Å². The molecule has 4 aliphatic rings. The molecule has 1 unspecified atom stereocenters. The lowest BCUT2D eigenvalue weighted by molar-refractivity contribution is -0.134. The van der Waals surface area contributed by atoms with Crippen LogP contribution in [-0.4, -0.2) is 85.5 Å². The molecule has 2 bridgehead atoms. The maximum absolute atomic E-state index is 14.1. The van der Waals surface area contributed by atoms with Crippen LogP contribution in [0.25, 0.3) is 0 Å². The number of fused-ring (bicyclic) bond motifs is 12. The Morgan fingerprint density at radius 3 is 2.56 bits per heavy atom. The zero-order chi connectivity index (χ0) is 28.3. The summed E-state index contributed by atoms with van der Waals surface area (Å²) in [7, 11) is 3.23. The summed E-state index contributed by atoms with van der Waals surface area (Å²) in [6.07, 6.45) is 4.46. The second kappa shape index (κ2) is 11.8. The maximum atomic E-state index is 14.1. The van der Waals surface area contributed by atoms with E-state index < -0.39 is 0 Å². The average Bonchev–Trinajstić information content (AvgIpc) is 3.44. The van der Waals surface area contributed by atoms with Crippen LogP contribution in [0.5, 0.6) is 17.2 Å². The first-order valence-corrected chi connectivity index (χ1v) is 14.3. The molecular weight excluding hydrogens is 524 g/mol. The van der Waals surface area contributed by atoms with E-state index in [9.17, 15) is 9.59 Å². The van der Waals surface area contributed by atoms with E-state index >= 15 is 0 Å². The third-order valence-corrected chi connectivity index (χ3v) is 8.26. The van der Waals surface area contributed by atoms with Crippen LogP contribution in [0.15, 0.2) is 36.4 Å². The Morgan fingerprint density at radius 2 is 1.76 bits per heavy atom. The number of aromatic nitrogens is 2. The fourth-order valence-corrected chi connectivity index (χ4v) is 6.13. The van der Waals surface area contributed by atoms with Crippen molar-refractivity contribution < 1.29 is 28.5 Å². The standard InChI is InChI=1S/C31H36N4O6/c1-38-26-17-21-11-12-35-28(36)19-34(31(37)29-23-5-3-4-6-25(23)32-33-29)13-14-40-15-16-41-22-9-7-20(8-10-22)30(35)24(21)18-27(26)39-2/h7-10,17-18,30H,3-6,11-16,19H2,1-2H3,(H,32,33). The second-order valence-electron chi connectivity index (χ2n) is 10.6. The lowest BCUT2D eigenvalue weighted by Crippen LogP contribution is -2.48. The molecule has 3 aromatic rings. The smallest absolute Gasteiger partial charge is 0.275 e. The van der Waals surface area contributed by atoms with Gasteiger partial charge in [0.05, 0.1) is 33.5 Å². The van der Waals surface area contributed by atoms with Gasteiger partial charge in [-0.3, -0.25) is 14.7 Å². The number of methoxy groups -OCH3 is 2. The van der Waals surface area contributed by atoms with Crippen molar-refractivity contribution in [1.82, 2.24) is 20.0 Å². The predicted molar refractivity (Wildman–Crippen MR) is 151 cm³/mol. The van der Waals surface area contributed by atoms with Gasteiger partial charge in [0.1, 0.15) is 18.9 Å². The monoisotopic (exact) mass is 560 g/mol. The summed E-state index contributed by atoms with van der Waals surface area (Å²) < 4.78 is 22.9. The van der Waals surface area contributed by atoms with Crippen LogP contribution >= 0.6 is 0 Å². The minimum absolute atomic E-state index is 0.0719. The largest absolute Gasteiger partial charge is 0.493 e. The van der Waals surface area contributed by atoms with Crippen molar-refractivity contribution in [2.45, 2.75) is 38.1 Å². The number of aryl methyl sites for hydroxylation is 1. The van der Waals surface area contributed by atoms with Crippen molar-refractivity contribution in [2.75, 3.05) is 53.7 Å². The van der Waals surface area contributed by atoms with Crippen molar-refractivity contribution in [2.24, 2.45) is 0 Å². The third-order valence-electron chi connectivity index (χ3n) is 8.26. The summed E-state index contributed by atoms with van der Waals surface area (Å²) in [6, 6.07) is 11.4. The molecule has 1 aromatic heterocycles. The third kappa shape index (κ3) is 5.36. The summed E-state index contributed by atoms with van der Waals surface area (Å²) in [4.78, 5) is 31.4. The number of carbonyl (C=O) groups is 2. The number of hydrogen-bond donors (Lipinski definition) is 1. The molecule has 2 aromatic carbocycles. The normalized spacial score (nSPS) is 19.3. The molecule has 0 saturated carbocycles. The summed E-state index contributed by atoms with van der Waals surface area (Å²) >= 11 is 0. The van der Waals surface area contributed by atoms with Crippen LogP contribution in [0.2, 0.25) is 0 Å². The molecule has 216 valence electrons. The quantitative estimate of drug-likeness (QED) is 0.490. The number of ether oxygens (including phenoxy) is 4. The number of amides is 2. The van der Waals surface area contributed by atoms with Gasteiger partial charge >= 0.3 is 0 Å². The second-order valence-corrected chi connectivity index (χ2v) is 10.6. The topological polar surface area (TPSA) is 106 Å². The predicted octanol–water partition coefficient (Wildman–Crippen LogP) is 3.33. The van der Waals surface area contributed by atoms with E-state index in [1.807, 2.05) is 41.3 Å². The molecule has 10 heteroatoms. The highest BCUT2D eigenvalue weighted by Crippen LogP contribution is 2.41. The highest BCUT2D eigenvalue weighted by molar-refractivity contribution is 5.96. The van der Waals surface area contributed by atoms with Crippen LogP contribution in [0.4, 0.5) is 0 Å². The van der Waals surface area contributed by atoms with Gasteiger partial charge in [0.2, 0.25) is 5.91 Å². The number of carbonyl (C=O) groups excluding carboxylic acids is 2. The van der Waals surface area contributed by atoms with Crippen LogP contribution < -0.4 is 14.2 Å². The SMILES string of the molecule is COc1cc2c(cc1OC)C1c3ccc(cc3)OCCOCCN(C(=O)c3n[nH]c4c3CCCC4)CC(=O)N1CC2. The Labute approximate surface area is 239 Å². The van der Waals surface area contributed by atoms with Crippen molar-refractivity contribution in [3.63, 3.8) is 0 Å².